The molecule has 1 aliphatic heterocycles. The monoisotopic (exact) mass is 428 g/mol. The molecule has 0 bridgehead atoms. The lowest BCUT2D eigenvalue weighted by atomic mass is 10.0. The number of rotatable bonds is 4. The summed E-state index contributed by atoms with van der Waals surface area (Å²) in [6.07, 6.45) is 3.80. The van der Waals surface area contributed by atoms with Gasteiger partial charge in [-0.25, -0.2) is 4.39 Å². The molecule has 1 fully saturated rings. The predicted octanol–water partition coefficient (Wildman–Crippen LogP) is 5.50. The molecule has 2 aromatic carbocycles. The maximum Gasteiger partial charge on any atom is 0.174 e. The number of anilines is 1. The summed E-state index contributed by atoms with van der Waals surface area (Å²) in [5.74, 6) is -0.313. The number of hydrogen-bond donors (Lipinski definition) is 1. The van der Waals surface area contributed by atoms with E-state index in [2.05, 4.69) is 40.0 Å². The molecule has 0 aliphatic carbocycles. The molecular formula is C25H21FN4S. The molecule has 1 aliphatic rings. The van der Waals surface area contributed by atoms with Gasteiger partial charge in [0.1, 0.15) is 11.9 Å². The highest BCUT2D eigenvalue weighted by molar-refractivity contribution is 7.80. The van der Waals surface area contributed by atoms with E-state index in [0.29, 0.717) is 10.8 Å². The van der Waals surface area contributed by atoms with E-state index >= 15 is 0 Å². The summed E-state index contributed by atoms with van der Waals surface area (Å²) in [4.78, 5) is 6.44. The number of nitrogens with one attached hydrogen (secondary N) is 1. The first-order valence-corrected chi connectivity index (χ1v) is 10.5. The molecule has 154 valence electrons. The molecular weight excluding hydrogens is 407 g/mol. The lowest BCUT2D eigenvalue weighted by molar-refractivity contribution is 0.541. The number of thiocarbonyl (C=S) groups is 1. The van der Waals surface area contributed by atoms with E-state index in [9.17, 15) is 4.39 Å². The van der Waals surface area contributed by atoms with Crippen LogP contribution in [-0.2, 0) is 0 Å². The van der Waals surface area contributed by atoms with Crippen molar-refractivity contribution in [3.05, 3.63) is 114 Å². The van der Waals surface area contributed by atoms with Gasteiger partial charge in [0.15, 0.2) is 5.11 Å². The summed E-state index contributed by atoms with van der Waals surface area (Å²) in [5, 5.41) is 3.87. The smallest absolute Gasteiger partial charge is 0.174 e. The maximum absolute atomic E-state index is 14.9. The SMILES string of the molecule is Cc1ccccc1-n1cccc1[C@@H]1[C@@H](c2ccccn2)NC(=S)N1c1ccccc1F. The van der Waals surface area contributed by atoms with E-state index < -0.39 is 0 Å². The van der Waals surface area contributed by atoms with E-state index in [0.717, 1.165) is 22.6 Å². The van der Waals surface area contributed by atoms with Crippen LogP contribution in [0.2, 0.25) is 0 Å². The number of halogens is 1. The van der Waals surface area contributed by atoms with Crippen molar-refractivity contribution >= 4 is 23.0 Å². The molecule has 4 nitrogen and oxygen atoms in total. The van der Waals surface area contributed by atoms with Gasteiger partial charge in [-0.15, -0.1) is 0 Å². The molecule has 1 N–H and O–H groups in total. The lowest BCUT2D eigenvalue weighted by Crippen LogP contribution is -2.31. The van der Waals surface area contributed by atoms with Crippen molar-refractivity contribution < 1.29 is 4.39 Å². The summed E-state index contributed by atoms with van der Waals surface area (Å²) < 4.78 is 17.0. The fourth-order valence-electron chi connectivity index (χ4n) is 4.25. The van der Waals surface area contributed by atoms with Gasteiger partial charge in [0.05, 0.1) is 17.4 Å². The van der Waals surface area contributed by atoms with Gasteiger partial charge in [0.25, 0.3) is 0 Å². The molecule has 6 heteroatoms. The standard InChI is InChI=1S/C25H21FN4S/c1-17-9-2-4-12-20(17)29-16-8-14-22(29)24-23(19-11-6-7-15-27-19)28-25(31)30(24)21-13-5-3-10-18(21)26/h2-16,23-24H,1H3,(H,28,31)/t23-,24-/m1/s1. The van der Waals surface area contributed by atoms with Crippen LogP contribution in [0.5, 0.6) is 0 Å². The van der Waals surface area contributed by atoms with Gasteiger partial charge >= 0.3 is 0 Å². The quantitative estimate of drug-likeness (QED) is 0.435. The van der Waals surface area contributed by atoms with Crippen LogP contribution < -0.4 is 10.2 Å². The van der Waals surface area contributed by atoms with Crippen LogP contribution in [0.4, 0.5) is 10.1 Å². The normalized spacial score (nSPS) is 18.3. The Labute approximate surface area is 186 Å². The molecule has 2 atom stereocenters. The highest BCUT2D eigenvalue weighted by atomic mass is 32.1. The van der Waals surface area contributed by atoms with E-state index in [-0.39, 0.29) is 17.9 Å². The number of nitrogens with zero attached hydrogens (tertiary/aromatic N) is 3. The highest BCUT2D eigenvalue weighted by Gasteiger charge is 2.43. The number of pyridine rings is 1. The number of aromatic nitrogens is 2. The maximum atomic E-state index is 14.9. The van der Waals surface area contributed by atoms with E-state index in [1.54, 1.807) is 18.3 Å². The highest BCUT2D eigenvalue weighted by Crippen LogP contribution is 2.43. The summed E-state index contributed by atoms with van der Waals surface area (Å²) in [7, 11) is 0. The van der Waals surface area contributed by atoms with Crippen LogP contribution in [0.15, 0.2) is 91.3 Å². The Bertz CT molecular complexity index is 1240. The van der Waals surface area contributed by atoms with Crippen molar-refractivity contribution in [1.82, 2.24) is 14.9 Å². The van der Waals surface area contributed by atoms with E-state index in [1.165, 1.54) is 6.07 Å². The minimum atomic E-state index is -0.313. The van der Waals surface area contributed by atoms with Gasteiger partial charge in [0, 0.05) is 23.8 Å². The predicted molar refractivity (Wildman–Crippen MR) is 125 cm³/mol. The molecule has 31 heavy (non-hydrogen) atoms. The first kappa shape index (κ1) is 19.5. The van der Waals surface area contributed by atoms with Gasteiger partial charge in [-0.2, -0.15) is 0 Å². The van der Waals surface area contributed by atoms with Gasteiger partial charge in [-0.3, -0.25) is 4.98 Å². The summed E-state index contributed by atoms with van der Waals surface area (Å²) in [6.45, 7) is 2.08. The number of benzene rings is 2. The van der Waals surface area contributed by atoms with Gasteiger partial charge < -0.3 is 14.8 Å². The van der Waals surface area contributed by atoms with Crippen LogP contribution in [-0.4, -0.2) is 14.7 Å². The number of hydrogen-bond acceptors (Lipinski definition) is 2. The average Bonchev–Trinajstić information content (AvgIpc) is 3.39. The molecule has 0 unspecified atom stereocenters. The molecule has 2 aromatic heterocycles. The first-order chi connectivity index (χ1) is 15.1. The zero-order valence-corrected chi connectivity index (χ0v) is 17.8. The minimum Gasteiger partial charge on any atom is -0.351 e. The fraction of sp³-hybridized carbons (Fsp3) is 0.120. The van der Waals surface area contributed by atoms with Crippen molar-refractivity contribution in [3.8, 4) is 5.69 Å². The Morgan fingerprint density at radius 1 is 0.903 bits per heavy atom. The van der Waals surface area contributed by atoms with Crippen molar-refractivity contribution in [3.63, 3.8) is 0 Å². The molecule has 0 spiro atoms. The minimum absolute atomic E-state index is 0.231. The van der Waals surface area contributed by atoms with Gasteiger partial charge in [-0.05, 0) is 67.2 Å². The Hall–Kier alpha value is -3.51. The molecule has 4 aromatic rings. The Balaban J connectivity index is 1.71. The van der Waals surface area contributed by atoms with Gasteiger partial charge in [-0.1, -0.05) is 36.4 Å². The number of aryl methyl sites for hydroxylation is 1. The Morgan fingerprint density at radius 2 is 1.65 bits per heavy atom. The second-order valence-corrected chi connectivity index (χ2v) is 7.92. The molecule has 0 radical (unpaired) electrons. The van der Waals surface area contributed by atoms with Gasteiger partial charge in [0.2, 0.25) is 0 Å². The lowest BCUT2D eigenvalue weighted by Gasteiger charge is -2.29. The third kappa shape index (κ3) is 3.39. The second kappa shape index (κ2) is 7.96. The zero-order valence-electron chi connectivity index (χ0n) is 16.9. The summed E-state index contributed by atoms with van der Waals surface area (Å²) >= 11 is 5.71. The zero-order chi connectivity index (χ0) is 21.4. The van der Waals surface area contributed by atoms with Crippen LogP contribution in [0.1, 0.15) is 29.0 Å². The van der Waals surface area contributed by atoms with Crippen molar-refractivity contribution in [2.24, 2.45) is 0 Å². The summed E-state index contributed by atoms with van der Waals surface area (Å²) in [5.41, 5.74) is 4.53. The summed E-state index contributed by atoms with van der Waals surface area (Å²) in [6, 6.07) is 24.3. The van der Waals surface area contributed by atoms with Crippen LogP contribution >= 0.6 is 12.2 Å². The van der Waals surface area contributed by atoms with Crippen molar-refractivity contribution in [1.29, 1.82) is 0 Å². The molecule has 0 amide bonds. The van der Waals surface area contributed by atoms with E-state index in [4.69, 9.17) is 12.2 Å². The molecule has 5 rings (SSSR count). The van der Waals surface area contributed by atoms with Crippen molar-refractivity contribution in [2.75, 3.05) is 4.90 Å². The van der Waals surface area contributed by atoms with Crippen molar-refractivity contribution in [2.45, 2.75) is 19.0 Å². The largest absolute Gasteiger partial charge is 0.351 e. The number of para-hydroxylation sites is 2. The third-order valence-corrected chi connectivity index (χ3v) is 5.98. The Morgan fingerprint density at radius 3 is 2.39 bits per heavy atom. The van der Waals surface area contributed by atoms with Crippen LogP contribution in [0.25, 0.3) is 5.69 Å². The fourth-order valence-corrected chi connectivity index (χ4v) is 4.59. The van der Waals surface area contributed by atoms with Crippen LogP contribution in [0, 0.1) is 12.7 Å². The molecule has 3 heterocycles. The van der Waals surface area contributed by atoms with Crippen LogP contribution in [0.3, 0.4) is 0 Å². The molecule has 0 saturated carbocycles. The van der Waals surface area contributed by atoms with E-state index in [1.807, 2.05) is 53.6 Å². The molecule has 1 saturated heterocycles. The Kier molecular flexibility index (Phi) is 5.00. The first-order valence-electron chi connectivity index (χ1n) is 10.1. The average molecular weight is 429 g/mol. The second-order valence-electron chi connectivity index (χ2n) is 7.54. The third-order valence-electron chi connectivity index (χ3n) is 5.67. The topological polar surface area (TPSA) is 33.1 Å².